The van der Waals surface area contributed by atoms with Crippen molar-refractivity contribution >= 4 is 10.9 Å². The number of rotatable bonds is 5. The fourth-order valence-electron chi connectivity index (χ4n) is 4.12. The van der Waals surface area contributed by atoms with Gasteiger partial charge in [-0.25, -0.2) is 4.39 Å². The number of ether oxygens (including phenoxy) is 1. The number of hydrogen-bond acceptors (Lipinski definition) is 5. The van der Waals surface area contributed by atoms with Crippen LogP contribution >= 0.6 is 0 Å². The molecule has 1 aliphatic rings. The second-order valence-electron chi connectivity index (χ2n) is 8.42. The van der Waals surface area contributed by atoms with Crippen LogP contribution in [0, 0.1) is 12.7 Å². The van der Waals surface area contributed by atoms with Crippen LogP contribution in [0.5, 0.6) is 5.75 Å². The topological polar surface area (TPSA) is 74.6 Å². The second-order valence-corrected chi connectivity index (χ2v) is 8.42. The lowest BCUT2D eigenvalue weighted by Crippen LogP contribution is -2.52. The molecule has 30 heavy (non-hydrogen) atoms. The zero-order valence-electron chi connectivity index (χ0n) is 17.4. The minimum Gasteiger partial charge on any atom is -0.485 e. The molecule has 2 aromatic carbocycles. The molecule has 2 atom stereocenters. The highest BCUT2D eigenvalue weighted by molar-refractivity contribution is 5.85. The van der Waals surface area contributed by atoms with E-state index in [1.807, 2.05) is 45.0 Å². The van der Waals surface area contributed by atoms with Crippen molar-refractivity contribution in [2.24, 2.45) is 0 Å². The van der Waals surface area contributed by atoms with E-state index in [1.165, 1.54) is 6.07 Å². The lowest BCUT2D eigenvalue weighted by atomic mass is 9.85. The number of nitrogens with one attached hydrogen (secondary N) is 1. The molecule has 6 heteroatoms. The van der Waals surface area contributed by atoms with Crippen LogP contribution in [-0.2, 0) is 13.0 Å². The van der Waals surface area contributed by atoms with Crippen LogP contribution in [0.1, 0.15) is 42.3 Å². The average Bonchev–Trinajstić information content (AvgIpc) is 2.71. The van der Waals surface area contributed by atoms with E-state index in [0.717, 1.165) is 22.0 Å². The minimum atomic E-state index is -0.801. The van der Waals surface area contributed by atoms with Crippen LogP contribution in [-0.4, -0.2) is 33.4 Å². The Labute approximate surface area is 175 Å². The molecule has 0 amide bonds. The number of pyridine rings is 1. The van der Waals surface area contributed by atoms with E-state index >= 15 is 0 Å². The third-order valence-corrected chi connectivity index (χ3v) is 5.81. The van der Waals surface area contributed by atoms with Gasteiger partial charge < -0.3 is 20.3 Å². The summed E-state index contributed by atoms with van der Waals surface area (Å²) in [5.74, 6) is 0.470. The van der Waals surface area contributed by atoms with E-state index in [0.29, 0.717) is 30.0 Å². The van der Waals surface area contributed by atoms with E-state index in [9.17, 15) is 14.6 Å². The van der Waals surface area contributed by atoms with E-state index < -0.39 is 11.7 Å². The number of halogens is 1. The maximum Gasteiger partial charge on any atom is 0.131 e. The first kappa shape index (κ1) is 20.7. The fraction of sp³-hybridized carbons (Fsp3) is 0.375. The van der Waals surface area contributed by atoms with Crippen molar-refractivity contribution in [3.8, 4) is 5.75 Å². The van der Waals surface area contributed by atoms with E-state index in [-0.39, 0.29) is 18.5 Å². The SMILES string of the molecule is Cc1cc(CO)nc2cc3c(cc12)OC(C)(C)C(O)C3NCCc1ccccc1F. The van der Waals surface area contributed by atoms with Gasteiger partial charge in [-0.3, -0.25) is 4.98 Å². The van der Waals surface area contributed by atoms with Crippen LogP contribution in [0.2, 0.25) is 0 Å². The lowest BCUT2D eigenvalue weighted by molar-refractivity contribution is -0.0642. The lowest BCUT2D eigenvalue weighted by Gasteiger charge is -2.42. The zero-order chi connectivity index (χ0) is 21.5. The Hall–Kier alpha value is -2.54. The number of aliphatic hydroxyl groups excluding tert-OH is 2. The van der Waals surface area contributed by atoms with E-state index in [1.54, 1.807) is 12.1 Å². The summed E-state index contributed by atoms with van der Waals surface area (Å²) in [6, 6.07) is 12.1. The maximum absolute atomic E-state index is 14.0. The van der Waals surface area contributed by atoms with Crippen molar-refractivity contribution in [2.75, 3.05) is 6.54 Å². The van der Waals surface area contributed by atoms with Crippen LogP contribution in [0.3, 0.4) is 0 Å². The van der Waals surface area contributed by atoms with Crippen LogP contribution in [0.15, 0.2) is 42.5 Å². The number of hydrogen-bond donors (Lipinski definition) is 3. The molecular weight excluding hydrogens is 383 g/mol. The van der Waals surface area contributed by atoms with Crippen molar-refractivity contribution in [2.45, 2.75) is 51.5 Å². The van der Waals surface area contributed by atoms with Gasteiger partial charge in [0.25, 0.3) is 0 Å². The van der Waals surface area contributed by atoms with Gasteiger partial charge in [0.05, 0.1) is 23.9 Å². The third kappa shape index (κ3) is 3.78. The smallest absolute Gasteiger partial charge is 0.131 e. The molecule has 158 valence electrons. The summed E-state index contributed by atoms with van der Waals surface area (Å²) < 4.78 is 20.1. The third-order valence-electron chi connectivity index (χ3n) is 5.81. The average molecular weight is 410 g/mol. The predicted molar refractivity (Wildman–Crippen MR) is 114 cm³/mol. The summed E-state index contributed by atoms with van der Waals surface area (Å²) in [5, 5.41) is 24.8. The monoisotopic (exact) mass is 410 g/mol. The first-order chi connectivity index (χ1) is 14.3. The molecule has 2 unspecified atom stereocenters. The molecule has 3 aromatic rings. The van der Waals surface area contributed by atoms with Gasteiger partial charge in [-0.1, -0.05) is 18.2 Å². The zero-order valence-corrected chi connectivity index (χ0v) is 17.4. The number of benzene rings is 2. The van der Waals surface area contributed by atoms with E-state index in [4.69, 9.17) is 4.74 Å². The summed E-state index contributed by atoms with van der Waals surface area (Å²) in [5.41, 5.74) is 3.00. The molecule has 0 radical (unpaired) electrons. The number of aliphatic hydroxyl groups is 2. The van der Waals surface area contributed by atoms with Gasteiger partial charge in [-0.15, -0.1) is 0 Å². The Morgan fingerprint density at radius 1 is 1.20 bits per heavy atom. The second kappa shape index (κ2) is 7.95. The molecule has 1 aromatic heterocycles. The van der Waals surface area contributed by atoms with Crippen LogP contribution in [0.25, 0.3) is 10.9 Å². The highest BCUT2D eigenvalue weighted by atomic mass is 19.1. The largest absolute Gasteiger partial charge is 0.485 e. The normalized spacial score (nSPS) is 20.1. The summed E-state index contributed by atoms with van der Waals surface area (Å²) in [6.45, 7) is 6.05. The summed E-state index contributed by atoms with van der Waals surface area (Å²) in [6.07, 6.45) is -0.295. The highest BCUT2D eigenvalue weighted by Crippen LogP contribution is 2.42. The molecule has 0 spiro atoms. The minimum absolute atomic E-state index is 0.135. The highest BCUT2D eigenvalue weighted by Gasteiger charge is 2.43. The quantitative estimate of drug-likeness (QED) is 0.600. The Kier molecular flexibility index (Phi) is 5.49. The van der Waals surface area contributed by atoms with Gasteiger partial charge in [-0.2, -0.15) is 0 Å². The molecule has 0 aliphatic carbocycles. The Balaban J connectivity index is 1.69. The Morgan fingerprint density at radius 2 is 1.97 bits per heavy atom. The van der Waals surface area contributed by atoms with Gasteiger partial charge in [-0.05, 0) is 69.1 Å². The van der Waals surface area contributed by atoms with E-state index in [2.05, 4.69) is 10.3 Å². The number of aromatic nitrogens is 1. The van der Waals surface area contributed by atoms with Crippen molar-refractivity contribution < 1.29 is 19.3 Å². The molecule has 1 aliphatic heterocycles. The molecular formula is C24H27FN2O3. The number of aryl methyl sites for hydroxylation is 1. The van der Waals surface area contributed by atoms with Gasteiger partial charge >= 0.3 is 0 Å². The molecule has 2 heterocycles. The standard InChI is InChI=1S/C24H27FN2O3/c1-14-10-16(13-28)27-20-11-18-21(12-17(14)20)30-24(2,3)23(29)22(18)26-9-8-15-6-4-5-7-19(15)25/h4-7,10-12,22-23,26,28-29H,8-9,13H2,1-3H3. The van der Waals surface area contributed by atoms with Crippen LogP contribution in [0.4, 0.5) is 4.39 Å². The number of fused-ring (bicyclic) bond motifs is 2. The molecule has 0 saturated carbocycles. The van der Waals surface area contributed by atoms with Crippen molar-refractivity contribution in [3.05, 3.63) is 70.7 Å². The summed E-state index contributed by atoms with van der Waals surface area (Å²) in [4.78, 5) is 4.53. The van der Waals surface area contributed by atoms with Crippen molar-refractivity contribution in [3.63, 3.8) is 0 Å². The van der Waals surface area contributed by atoms with Gasteiger partial charge in [0.2, 0.25) is 0 Å². The predicted octanol–water partition coefficient (Wildman–Crippen LogP) is 3.58. The first-order valence-electron chi connectivity index (χ1n) is 10.2. The first-order valence-corrected chi connectivity index (χ1v) is 10.2. The number of nitrogens with zero attached hydrogens (tertiary/aromatic N) is 1. The van der Waals surface area contributed by atoms with Crippen molar-refractivity contribution in [1.82, 2.24) is 10.3 Å². The molecule has 0 bridgehead atoms. The summed E-state index contributed by atoms with van der Waals surface area (Å²) in [7, 11) is 0. The van der Waals surface area contributed by atoms with Gasteiger partial charge in [0, 0.05) is 10.9 Å². The maximum atomic E-state index is 14.0. The van der Waals surface area contributed by atoms with Gasteiger partial charge in [0.15, 0.2) is 0 Å². The van der Waals surface area contributed by atoms with Crippen LogP contribution < -0.4 is 10.1 Å². The molecule has 5 nitrogen and oxygen atoms in total. The molecule has 4 rings (SSSR count). The Morgan fingerprint density at radius 3 is 2.70 bits per heavy atom. The summed E-state index contributed by atoms with van der Waals surface area (Å²) >= 11 is 0. The molecule has 3 N–H and O–H groups in total. The fourth-order valence-corrected chi connectivity index (χ4v) is 4.12. The van der Waals surface area contributed by atoms with Crippen molar-refractivity contribution in [1.29, 1.82) is 0 Å². The Bertz CT molecular complexity index is 1080. The van der Waals surface area contributed by atoms with Gasteiger partial charge in [0.1, 0.15) is 23.3 Å². The molecule has 0 fully saturated rings. The molecule has 0 saturated heterocycles.